The molecule has 1 heterocycles. The van der Waals surface area contributed by atoms with Gasteiger partial charge in [0.05, 0.1) is 17.4 Å². The van der Waals surface area contributed by atoms with Crippen LogP contribution in [0.2, 0.25) is 0 Å². The molecule has 3 rings (SSSR count). The highest BCUT2D eigenvalue weighted by molar-refractivity contribution is 6.00. The van der Waals surface area contributed by atoms with Crippen LogP contribution in [-0.4, -0.2) is 35.1 Å². The second-order valence-electron chi connectivity index (χ2n) is 6.08. The van der Waals surface area contributed by atoms with Gasteiger partial charge in [-0.3, -0.25) is 4.79 Å². The Hall–Kier alpha value is -2.33. The largest absolute Gasteiger partial charge is 0.393 e. The molecule has 2 aromatic rings. The molecule has 0 spiro atoms. The molecule has 120 valence electrons. The summed E-state index contributed by atoms with van der Waals surface area (Å²) in [6.07, 6.45) is 0.489. The maximum Gasteiger partial charge on any atom is 0.255 e. The van der Waals surface area contributed by atoms with Gasteiger partial charge >= 0.3 is 0 Å². The molecule has 4 nitrogen and oxygen atoms in total. The Morgan fingerprint density at radius 1 is 1.17 bits per heavy atom. The number of anilines is 2. The van der Waals surface area contributed by atoms with Crippen molar-refractivity contribution in [1.82, 2.24) is 4.90 Å². The van der Waals surface area contributed by atoms with Crippen LogP contribution in [0.3, 0.4) is 0 Å². The summed E-state index contributed by atoms with van der Waals surface area (Å²) >= 11 is 0. The molecule has 0 saturated carbocycles. The van der Waals surface area contributed by atoms with Crippen molar-refractivity contribution in [3.63, 3.8) is 0 Å². The maximum absolute atomic E-state index is 12.8. The van der Waals surface area contributed by atoms with E-state index in [0.29, 0.717) is 18.7 Å². The maximum atomic E-state index is 12.8. The van der Waals surface area contributed by atoms with E-state index in [1.54, 1.807) is 6.92 Å². The fourth-order valence-corrected chi connectivity index (χ4v) is 2.99. The zero-order chi connectivity index (χ0) is 16.2. The number of hydrogen-bond donors (Lipinski definition) is 2. The lowest BCUT2D eigenvalue weighted by Crippen LogP contribution is -2.30. The van der Waals surface area contributed by atoms with Gasteiger partial charge in [0.15, 0.2) is 0 Å². The fraction of sp³-hybridized carbons (Fsp3) is 0.316. The van der Waals surface area contributed by atoms with E-state index in [-0.39, 0.29) is 17.9 Å². The molecule has 2 atom stereocenters. The molecule has 0 aromatic heterocycles. The number of aliphatic hydroxyl groups is 1. The summed E-state index contributed by atoms with van der Waals surface area (Å²) in [4.78, 5) is 14.7. The van der Waals surface area contributed by atoms with E-state index in [1.807, 2.05) is 59.5 Å². The van der Waals surface area contributed by atoms with E-state index in [4.69, 9.17) is 0 Å². The van der Waals surface area contributed by atoms with Crippen molar-refractivity contribution in [2.45, 2.75) is 19.4 Å². The Bertz CT molecular complexity index is 670. The van der Waals surface area contributed by atoms with Crippen LogP contribution in [-0.2, 0) is 0 Å². The zero-order valence-electron chi connectivity index (χ0n) is 13.3. The normalized spacial score (nSPS) is 18.7. The van der Waals surface area contributed by atoms with E-state index >= 15 is 0 Å². The fourth-order valence-electron chi connectivity index (χ4n) is 2.99. The number of nitrogens with one attached hydrogen (secondary N) is 1. The van der Waals surface area contributed by atoms with Gasteiger partial charge in [0, 0.05) is 24.7 Å². The number of likely N-dealkylation sites (tertiary alicyclic amines) is 1. The molecular weight excluding hydrogens is 288 g/mol. The van der Waals surface area contributed by atoms with Crippen molar-refractivity contribution >= 4 is 17.3 Å². The van der Waals surface area contributed by atoms with Crippen LogP contribution in [0.15, 0.2) is 54.6 Å². The van der Waals surface area contributed by atoms with Crippen molar-refractivity contribution < 1.29 is 9.90 Å². The average Bonchev–Trinajstić information content (AvgIpc) is 3.06. The molecule has 1 aliphatic heterocycles. The van der Waals surface area contributed by atoms with Crippen molar-refractivity contribution in [1.29, 1.82) is 0 Å². The first-order valence-corrected chi connectivity index (χ1v) is 8.03. The molecule has 1 aliphatic rings. The zero-order valence-corrected chi connectivity index (χ0v) is 13.3. The molecule has 2 unspecified atom stereocenters. The van der Waals surface area contributed by atoms with Gasteiger partial charge in [-0.2, -0.15) is 0 Å². The Labute approximate surface area is 136 Å². The Balaban J connectivity index is 1.79. The summed E-state index contributed by atoms with van der Waals surface area (Å²) in [5, 5.41) is 13.0. The Morgan fingerprint density at radius 2 is 1.87 bits per heavy atom. The van der Waals surface area contributed by atoms with E-state index in [1.165, 1.54) is 0 Å². The first-order valence-electron chi connectivity index (χ1n) is 8.03. The molecule has 2 aromatic carbocycles. The number of benzene rings is 2. The number of para-hydroxylation sites is 2. The molecule has 0 bridgehead atoms. The predicted molar refractivity (Wildman–Crippen MR) is 91.9 cm³/mol. The van der Waals surface area contributed by atoms with Crippen LogP contribution >= 0.6 is 0 Å². The van der Waals surface area contributed by atoms with Gasteiger partial charge in [0.1, 0.15) is 0 Å². The summed E-state index contributed by atoms with van der Waals surface area (Å²) in [6.45, 7) is 3.12. The average molecular weight is 310 g/mol. The minimum atomic E-state index is -0.370. The summed E-state index contributed by atoms with van der Waals surface area (Å²) in [7, 11) is 0. The predicted octanol–water partition coefficient (Wildman–Crippen LogP) is 3.27. The number of aliphatic hydroxyl groups excluding tert-OH is 1. The standard InChI is InChI=1S/C19H22N2O2/c1-14(22)15-11-12-21(13-15)19(23)17-9-5-6-10-18(17)20-16-7-3-2-4-8-16/h2-10,14-15,20,22H,11-13H2,1H3. The topological polar surface area (TPSA) is 52.6 Å². The number of hydrogen-bond acceptors (Lipinski definition) is 3. The number of nitrogens with zero attached hydrogens (tertiary/aromatic N) is 1. The lowest BCUT2D eigenvalue weighted by molar-refractivity contribution is 0.0763. The summed E-state index contributed by atoms with van der Waals surface area (Å²) in [5.74, 6) is 0.195. The lowest BCUT2D eigenvalue weighted by atomic mass is 10.0. The minimum absolute atomic E-state index is 0.0205. The highest BCUT2D eigenvalue weighted by Gasteiger charge is 2.30. The van der Waals surface area contributed by atoms with Gasteiger partial charge in [0.2, 0.25) is 0 Å². The molecule has 0 radical (unpaired) electrons. The number of rotatable bonds is 4. The first-order chi connectivity index (χ1) is 11.1. The second-order valence-corrected chi connectivity index (χ2v) is 6.08. The molecule has 1 saturated heterocycles. The van der Waals surface area contributed by atoms with Gasteiger partial charge < -0.3 is 15.3 Å². The van der Waals surface area contributed by atoms with Crippen molar-refractivity contribution in [2.24, 2.45) is 5.92 Å². The van der Waals surface area contributed by atoms with Gasteiger partial charge in [-0.25, -0.2) is 0 Å². The van der Waals surface area contributed by atoms with Crippen LogP contribution in [0.4, 0.5) is 11.4 Å². The van der Waals surface area contributed by atoms with Crippen molar-refractivity contribution in [3.05, 3.63) is 60.2 Å². The van der Waals surface area contributed by atoms with Crippen molar-refractivity contribution in [2.75, 3.05) is 18.4 Å². The summed E-state index contributed by atoms with van der Waals surface area (Å²) in [6, 6.07) is 17.4. The smallest absolute Gasteiger partial charge is 0.255 e. The van der Waals surface area contributed by atoms with Crippen LogP contribution in [0.5, 0.6) is 0 Å². The third-order valence-corrected chi connectivity index (χ3v) is 4.40. The first kappa shape index (κ1) is 15.6. The third kappa shape index (κ3) is 3.54. The summed E-state index contributed by atoms with van der Waals surface area (Å²) in [5.41, 5.74) is 2.43. The van der Waals surface area contributed by atoms with E-state index in [2.05, 4.69) is 5.32 Å². The Morgan fingerprint density at radius 3 is 2.57 bits per heavy atom. The number of amides is 1. The molecule has 1 amide bonds. The molecule has 1 fully saturated rings. The van der Waals surface area contributed by atoms with E-state index in [9.17, 15) is 9.90 Å². The minimum Gasteiger partial charge on any atom is -0.393 e. The highest BCUT2D eigenvalue weighted by atomic mass is 16.3. The van der Waals surface area contributed by atoms with Crippen LogP contribution in [0.25, 0.3) is 0 Å². The third-order valence-electron chi connectivity index (χ3n) is 4.40. The lowest BCUT2D eigenvalue weighted by Gasteiger charge is -2.20. The summed E-state index contributed by atoms with van der Waals surface area (Å²) < 4.78 is 0. The van der Waals surface area contributed by atoms with E-state index in [0.717, 1.165) is 17.8 Å². The van der Waals surface area contributed by atoms with Gasteiger partial charge in [0.25, 0.3) is 5.91 Å². The number of carbonyl (C=O) groups is 1. The Kier molecular flexibility index (Phi) is 4.63. The van der Waals surface area contributed by atoms with E-state index < -0.39 is 0 Å². The molecular formula is C19H22N2O2. The van der Waals surface area contributed by atoms with Gasteiger partial charge in [-0.1, -0.05) is 30.3 Å². The highest BCUT2D eigenvalue weighted by Crippen LogP contribution is 2.26. The van der Waals surface area contributed by atoms with Crippen LogP contribution in [0, 0.1) is 5.92 Å². The molecule has 2 N–H and O–H groups in total. The van der Waals surface area contributed by atoms with Crippen LogP contribution < -0.4 is 5.32 Å². The molecule has 4 heteroatoms. The van der Waals surface area contributed by atoms with Crippen molar-refractivity contribution in [3.8, 4) is 0 Å². The SMILES string of the molecule is CC(O)C1CCN(C(=O)c2ccccc2Nc2ccccc2)C1. The van der Waals surface area contributed by atoms with Crippen LogP contribution in [0.1, 0.15) is 23.7 Å². The molecule has 0 aliphatic carbocycles. The molecule has 23 heavy (non-hydrogen) atoms. The monoisotopic (exact) mass is 310 g/mol. The number of carbonyl (C=O) groups excluding carboxylic acids is 1. The quantitative estimate of drug-likeness (QED) is 0.911. The second kappa shape index (κ2) is 6.84. The van der Waals surface area contributed by atoms with Gasteiger partial charge in [-0.15, -0.1) is 0 Å². The van der Waals surface area contributed by atoms with Gasteiger partial charge in [-0.05, 0) is 37.6 Å².